The van der Waals surface area contributed by atoms with Crippen molar-refractivity contribution in [2.75, 3.05) is 45.2 Å². The Morgan fingerprint density at radius 2 is 1.89 bits per heavy atom. The van der Waals surface area contributed by atoms with Crippen molar-refractivity contribution < 1.29 is 32.7 Å². The number of rotatable bonds is 3. The van der Waals surface area contributed by atoms with E-state index < -0.39 is 17.6 Å². The van der Waals surface area contributed by atoms with Gasteiger partial charge in [0.25, 0.3) is 5.91 Å². The first-order valence-corrected chi connectivity index (χ1v) is 11.8. The van der Waals surface area contributed by atoms with Gasteiger partial charge in [-0.15, -0.1) is 11.3 Å². The molecule has 2 aliphatic heterocycles. The van der Waals surface area contributed by atoms with Gasteiger partial charge in [-0.05, 0) is 36.4 Å². The molecule has 0 aromatic carbocycles. The average molecular weight is 513 g/mol. The summed E-state index contributed by atoms with van der Waals surface area (Å²) in [5, 5.41) is 9.06. The van der Waals surface area contributed by atoms with E-state index in [4.69, 9.17) is 9.90 Å². The van der Waals surface area contributed by atoms with Gasteiger partial charge >= 0.3 is 12.1 Å². The number of carbonyl (C=O) groups is 3. The van der Waals surface area contributed by atoms with E-state index in [1.165, 1.54) is 11.3 Å². The number of amides is 2. The highest BCUT2D eigenvalue weighted by molar-refractivity contribution is 7.12. The zero-order chi connectivity index (χ0) is 25.8. The fourth-order valence-electron chi connectivity index (χ4n) is 4.68. The summed E-state index contributed by atoms with van der Waals surface area (Å²) in [4.78, 5) is 46.3. The van der Waals surface area contributed by atoms with E-state index in [0.29, 0.717) is 19.6 Å². The number of thiophene rings is 1. The minimum Gasteiger partial charge on any atom is -0.475 e. The number of anilines is 1. The van der Waals surface area contributed by atoms with Gasteiger partial charge in [0.05, 0.1) is 10.3 Å². The van der Waals surface area contributed by atoms with Crippen molar-refractivity contribution >= 4 is 34.9 Å². The van der Waals surface area contributed by atoms with Crippen LogP contribution < -0.4 is 4.90 Å². The number of nitrogens with zero attached hydrogens (tertiary/aromatic N) is 4. The maximum absolute atomic E-state index is 13.3. The molecule has 12 heteroatoms. The summed E-state index contributed by atoms with van der Waals surface area (Å²) in [5.41, 5.74) is -0.467. The monoisotopic (exact) mass is 512 g/mol. The number of fused-ring (bicyclic) bond motifs is 1. The van der Waals surface area contributed by atoms with E-state index in [1.54, 1.807) is 11.1 Å². The molecule has 0 radical (unpaired) electrons. The molecule has 8 nitrogen and oxygen atoms in total. The molecule has 4 rings (SSSR count). The predicted octanol–water partition coefficient (Wildman–Crippen LogP) is 3.22. The molecule has 0 spiro atoms. The minimum atomic E-state index is -5.08. The Hall–Kier alpha value is -3.15. The largest absolute Gasteiger partial charge is 0.490 e. The number of aliphatic carboxylic acids is 1. The van der Waals surface area contributed by atoms with E-state index in [2.05, 4.69) is 9.88 Å². The fraction of sp³-hybridized carbons (Fsp3) is 0.478. The van der Waals surface area contributed by atoms with Crippen LogP contribution in [0.5, 0.6) is 0 Å². The molecule has 2 fully saturated rings. The highest BCUT2D eigenvalue weighted by Gasteiger charge is 2.54. The van der Waals surface area contributed by atoms with Crippen molar-refractivity contribution in [3.63, 3.8) is 0 Å². The van der Waals surface area contributed by atoms with Gasteiger partial charge in [-0.25, -0.2) is 9.78 Å². The van der Waals surface area contributed by atoms with Crippen molar-refractivity contribution in [3.05, 3.63) is 46.8 Å². The van der Waals surface area contributed by atoms with Gasteiger partial charge in [0.2, 0.25) is 5.91 Å². The van der Waals surface area contributed by atoms with E-state index in [0.717, 1.165) is 30.1 Å². The lowest BCUT2D eigenvalue weighted by Gasteiger charge is -2.34. The van der Waals surface area contributed by atoms with Crippen molar-refractivity contribution in [3.8, 4) is 0 Å². The van der Waals surface area contributed by atoms with Crippen LogP contribution in [-0.2, 0) is 9.59 Å². The fourth-order valence-corrected chi connectivity index (χ4v) is 5.37. The van der Waals surface area contributed by atoms with E-state index >= 15 is 0 Å². The first-order chi connectivity index (χ1) is 16.5. The van der Waals surface area contributed by atoms with Crippen molar-refractivity contribution in [2.45, 2.75) is 19.0 Å². The molecule has 190 valence electrons. The zero-order valence-corrected chi connectivity index (χ0v) is 20.2. The summed E-state index contributed by atoms with van der Waals surface area (Å²) >= 11 is 1.48. The van der Waals surface area contributed by atoms with Gasteiger partial charge < -0.3 is 19.8 Å². The van der Waals surface area contributed by atoms with Crippen molar-refractivity contribution in [1.82, 2.24) is 14.8 Å². The quantitative estimate of drug-likeness (QED) is 0.679. The molecule has 1 N–H and O–H groups in total. The molecular weight excluding hydrogens is 485 g/mol. The van der Waals surface area contributed by atoms with Gasteiger partial charge in [0.15, 0.2) is 0 Å². The summed E-state index contributed by atoms with van der Waals surface area (Å²) < 4.78 is 31.7. The Labute approximate surface area is 205 Å². The molecule has 0 saturated carbocycles. The molecule has 2 amide bonds. The molecule has 2 atom stereocenters. The summed E-state index contributed by atoms with van der Waals surface area (Å²) in [7, 11) is 3.66. The van der Waals surface area contributed by atoms with Gasteiger partial charge in [-0.1, -0.05) is 12.1 Å². The maximum atomic E-state index is 13.3. The molecular formula is C23H27F3N4O4S. The first-order valence-electron chi connectivity index (χ1n) is 11.0. The second-order valence-corrected chi connectivity index (χ2v) is 9.70. The number of carbonyl (C=O) groups excluding carboxylic acids is 2. The Morgan fingerprint density at radius 1 is 1.17 bits per heavy atom. The minimum absolute atomic E-state index is 0.0828. The topological polar surface area (TPSA) is 94.1 Å². The van der Waals surface area contributed by atoms with Crippen molar-refractivity contribution in [2.24, 2.45) is 11.3 Å². The number of likely N-dealkylation sites (tertiary alicyclic amines) is 1. The summed E-state index contributed by atoms with van der Waals surface area (Å²) in [6.07, 6.45) is -1.66. The lowest BCUT2D eigenvalue weighted by Crippen LogP contribution is -2.47. The molecule has 0 aliphatic carbocycles. The normalized spacial score (nSPS) is 21.9. The van der Waals surface area contributed by atoms with E-state index in [9.17, 15) is 22.8 Å². The van der Waals surface area contributed by atoms with Crippen LogP contribution in [-0.4, -0.2) is 84.1 Å². The number of halogens is 3. The third kappa shape index (κ3) is 5.92. The molecule has 2 aliphatic rings. The number of alkyl halides is 3. The van der Waals surface area contributed by atoms with Crippen LogP contribution in [0, 0.1) is 11.3 Å². The van der Waals surface area contributed by atoms with Crippen LogP contribution in [0.25, 0.3) is 0 Å². The number of aromatic nitrogens is 1. The first kappa shape index (κ1) is 26.5. The number of carboxylic acids is 1. The highest BCUT2D eigenvalue weighted by Crippen LogP contribution is 2.45. The highest BCUT2D eigenvalue weighted by atomic mass is 32.1. The lowest BCUT2D eigenvalue weighted by molar-refractivity contribution is -0.192. The van der Waals surface area contributed by atoms with Crippen LogP contribution in [0.3, 0.4) is 0 Å². The molecule has 2 aromatic rings. The van der Waals surface area contributed by atoms with Crippen LogP contribution in [0.4, 0.5) is 19.0 Å². The standard InChI is InChI=1S/C21H26N4O2S.C2HF3O2/c1-23(2)20(27)21-9-6-11-24(19(26)17-7-5-12-28-17)13-16(21)14-25(15-21)18-8-3-4-10-22-18;3-2(4,5)1(6)7/h3-5,7-8,10,12,16H,6,9,11,13-15H2,1-2H3;(H,6,7)/t16-,21-;/m0./s1. The predicted molar refractivity (Wildman–Crippen MR) is 124 cm³/mol. The summed E-state index contributed by atoms with van der Waals surface area (Å²) in [6.45, 7) is 2.72. The number of hydrogen-bond acceptors (Lipinski definition) is 6. The second kappa shape index (κ2) is 10.6. The maximum Gasteiger partial charge on any atom is 0.490 e. The second-order valence-electron chi connectivity index (χ2n) is 8.76. The van der Waals surface area contributed by atoms with Crippen LogP contribution in [0.1, 0.15) is 22.5 Å². The molecule has 4 heterocycles. The van der Waals surface area contributed by atoms with Crippen LogP contribution in [0.15, 0.2) is 41.9 Å². The summed E-state index contributed by atoms with van der Waals surface area (Å²) in [6, 6.07) is 9.66. The summed E-state index contributed by atoms with van der Waals surface area (Å²) in [5.74, 6) is -1.51. The third-order valence-electron chi connectivity index (χ3n) is 6.25. The molecule has 0 unspecified atom stereocenters. The number of hydrogen-bond donors (Lipinski definition) is 1. The zero-order valence-electron chi connectivity index (χ0n) is 19.4. The van der Waals surface area contributed by atoms with Crippen molar-refractivity contribution in [1.29, 1.82) is 0 Å². The van der Waals surface area contributed by atoms with Gasteiger partial charge in [-0.3, -0.25) is 9.59 Å². The molecule has 0 bridgehead atoms. The van der Waals surface area contributed by atoms with Gasteiger partial charge in [-0.2, -0.15) is 13.2 Å². The van der Waals surface area contributed by atoms with Gasteiger partial charge in [0, 0.05) is 52.4 Å². The Kier molecular flexibility index (Phi) is 8.04. The smallest absolute Gasteiger partial charge is 0.475 e. The average Bonchev–Trinajstić information content (AvgIpc) is 3.44. The van der Waals surface area contributed by atoms with Gasteiger partial charge in [0.1, 0.15) is 5.82 Å². The Balaban J connectivity index is 0.000000429. The van der Waals surface area contributed by atoms with E-state index in [1.807, 2.05) is 54.7 Å². The molecule has 35 heavy (non-hydrogen) atoms. The van der Waals surface area contributed by atoms with Crippen LogP contribution in [0.2, 0.25) is 0 Å². The van der Waals surface area contributed by atoms with E-state index in [-0.39, 0.29) is 17.7 Å². The Morgan fingerprint density at radius 3 is 2.43 bits per heavy atom. The SMILES string of the molecule is CN(C)C(=O)[C@]12CCCN(C(=O)c3cccs3)C[C@H]1CN(c1ccccn1)C2.O=C(O)C(F)(F)F. The molecule has 2 aromatic heterocycles. The molecule has 2 saturated heterocycles. The number of carboxylic acid groups (broad SMARTS) is 1. The third-order valence-corrected chi connectivity index (χ3v) is 7.11. The lowest BCUT2D eigenvalue weighted by atomic mass is 9.74. The number of pyridine rings is 1. The Bertz CT molecular complexity index is 1030. The van der Waals surface area contributed by atoms with Crippen LogP contribution >= 0.6 is 11.3 Å².